The molecule has 0 aliphatic heterocycles. The molecule has 2 fully saturated rings. The minimum absolute atomic E-state index is 0.515. The number of imidazole rings is 1. The van der Waals surface area contributed by atoms with Crippen molar-refractivity contribution in [3.05, 3.63) is 48.5 Å². The molecule has 1 aromatic carbocycles. The Hall–Kier alpha value is -1.57. The molecule has 17 heavy (non-hydrogen) atoms. The zero-order valence-corrected chi connectivity index (χ0v) is 9.84. The van der Waals surface area contributed by atoms with Crippen LogP contribution in [0.15, 0.2) is 43.0 Å². The van der Waals surface area contributed by atoms with E-state index in [0.29, 0.717) is 5.41 Å². The summed E-state index contributed by atoms with van der Waals surface area (Å²) in [6.45, 7) is 0. The third-order valence-corrected chi connectivity index (χ3v) is 4.37. The molecule has 0 N–H and O–H groups in total. The summed E-state index contributed by atoms with van der Waals surface area (Å²) < 4.78 is 2.15. The van der Waals surface area contributed by atoms with Gasteiger partial charge in [0.05, 0.1) is 12.0 Å². The van der Waals surface area contributed by atoms with Gasteiger partial charge >= 0.3 is 0 Å². The molecule has 4 rings (SSSR count). The maximum atomic E-state index is 4.17. The number of hydrogen-bond acceptors (Lipinski definition) is 1. The minimum Gasteiger partial charge on any atom is -0.306 e. The highest BCUT2D eigenvalue weighted by molar-refractivity contribution is 5.49. The van der Waals surface area contributed by atoms with Crippen LogP contribution in [0.4, 0.5) is 0 Å². The first-order valence-electron chi connectivity index (χ1n) is 6.48. The fourth-order valence-corrected chi connectivity index (χ4v) is 3.19. The Morgan fingerprint density at radius 2 is 2.00 bits per heavy atom. The quantitative estimate of drug-likeness (QED) is 0.782. The molecule has 2 heteroatoms. The summed E-state index contributed by atoms with van der Waals surface area (Å²) in [6, 6.07) is 8.85. The first kappa shape index (κ1) is 9.46. The normalized spacial score (nSPS) is 21.4. The van der Waals surface area contributed by atoms with Gasteiger partial charge in [0, 0.05) is 17.8 Å². The summed E-state index contributed by atoms with van der Waals surface area (Å²) in [5.74, 6) is 0.951. The lowest BCUT2D eigenvalue weighted by Crippen LogP contribution is -2.12. The molecule has 2 aliphatic carbocycles. The van der Waals surface area contributed by atoms with Crippen LogP contribution in [-0.4, -0.2) is 9.55 Å². The molecular weight excluding hydrogens is 208 g/mol. The van der Waals surface area contributed by atoms with Gasteiger partial charge in [-0.15, -0.1) is 0 Å². The molecule has 0 spiro atoms. The predicted octanol–water partition coefficient (Wildman–Crippen LogP) is 3.31. The van der Waals surface area contributed by atoms with E-state index in [4.69, 9.17) is 0 Å². The molecule has 2 saturated carbocycles. The van der Waals surface area contributed by atoms with Crippen LogP contribution < -0.4 is 0 Å². The zero-order valence-electron chi connectivity index (χ0n) is 9.84. The summed E-state index contributed by atoms with van der Waals surface area (Å²) in [4.78, 5) is 4.17. The van der Waals surface area contributed by atoms with Crippen LogP contribution in [0.2, 0.25) is 0 Å². The smallest absolute Gasteiger partial charge is 0.0991 e. The highest BCUT2D eigenvalue weighted by Crippen LogP contribution is 2.63. The molecule has 0 saturated heterocycles. The summed E-state index contributed by atoms with van der Waals surface area (Å²) in [6.07, 6.45) is 11.4. The maximum absolute atomic E-state index is 4.17. The van der Waals surface area contributed by atoms with Gasteiger partial charge in [-0.25, -0.2) is 4.98 Å². The number of aromatic nitrogens is 2. The molecule has 2 aliphatic rings. The minimum atomic E-state index is 0.515. The van der Waals surface area contributed by atoms with E-state index in [1.165, 1.54) is 31.4 Å². The monoisotopic (exact) mass is 224 g/mol. The molecule has 86 valence electrons. The van der Waals surface area contributed by atoms with Crippen LogP contribution in [0.3, 0.4) is 0 Å². The number of benzene rings is 1. The molecule has 1 aromatic heterocycles. The highest BCUT2D eigenvalue weighted by Gasteiger charge is 2.55. The third-order valence-electron chi connectivity index (χ3n) is 4.37. The van der Waals surface area contributed by atoms with Crippen LogP contribution in [0.1, 0.15) is 31.2 Å². The second-order valence-corrected chi connectivity index (χ2v) is 5.42. The molecule has 2 nitrogen and oxygen atoms in total. The van der Waals surface area contributed by atoms with Gasteiger partial charge in [0.15, 0.2) is 0 Å². The number of hydrogen-bond donors (Lipinski definition) is 0. The maximum Gasteiger partial charge on any atom is 0.0991 e. The zero-order chi connectivity index (χ0) is 11.3. The van der Waals surface area contributed by atoms with Crippen molar-refractivity contribution < 1.29 is 0 Å². The van der Waals surface area contributed by atoms with Gasteiger partial charge in [0.2, 0.25) is 0 Å². The first-order valence-corrected chi connectivity index (χ1v) is 6.48. The average Bonchev–Trinajstić information content (AvgIpc) is 3.27. The Balaban J connectivity index is 1.85. The van der Waals surface area contributed by atoms with Gasteiger partial charge in [-0.05, 0) is 43.2 Å². The van der Waals surface area contributed by atoms with Crippen molar-refractivity contribution in [1.29, 1.82) is 0 Å². The molecule has 2 aromatic rings. The van der Waals surface area contributed by atoms with Gasteiger partial charge in [-0.2, -0.15) is 0 Å². The number of rotatable bonds is 3. The van der Waals surface area contributed by atoms with Gasteiger partial charge < -0.3 is 4.57 Å². The Bertz CT molecular complexity index is 534. The molecule has 0 bridgehead atoms. The van der Waals surface area contributed by atoms with E-state index >= 15 is 0 Å². The fourth-order valence-electron chi connectivity index (χ4n) is 3.19. The SMILES string of the molecule is c1ccc(C2(C3CC3)CC2)c(-n2ccnc2)c1. The molecule has 1 heterocycles. The van der Waals surface area contributed by atoms with Crippen molar-refractivity contribution in [1.82, 2.24) is 9.55 Å². The third kappa shape index (κ3) is 1.36. The summed E-state index contributed by atoms with van der Waals surface area (Å²) in [5.41, 5.74) is 3.39. The van der Waals surface area contributed by atoms with Crippen LogP contribution >= 0.6 is 0 Å². The molecule has 0 atom stereocenters. The van der Waals surface area contributed by atoms with Crippen molar-refractivity contribution in [3.63, 3.8) is 0 Å². The average molecular weight is 224 g/mol. The first-order chi connectivity index (χ1) is 8.40. The van der Waals surface area contributed by atoms with Crippen molar-refractivity contribution in [2.45, 2.75) is 31.1 Å². The molecule has 0 radical (unpaired) electrons. The standard InChI is InChI=1S/C15H16N2/c1-2-4-14(17-10-9-16-11-17)13(3-1)15(7-8-15)12-5-6-12/h1-4,9-12H,5-8H2. The summed E-state index contributed by atoms with van der Waals surface area (Å²) in [5, 5.41) is 0. The van der Waals surface area contributed by atoms with Crippen LogP contribution in [-0.2, 0) is 5.41 Å². The van der Waals surface area contributed by atoms with Gasteiger partial charge in [-0.1, -0.05) is 18.2 Å². The van der Waals surface area contributed by atoms with Crippen molar-refractivity contribution in [2.75, 3.05) is 0 Å². The second kappa shape index (κ2) is 3.22. The van der Waals surface area contributed by atoms with Gasteiger partial charge in [0.25, 0.3) is 0 Å². The van der Waals surface area contributed by atoms with Gasteiger partial charge in [-0.3, -0.25) is 0 Å². The van der Waals surface area contributed by atoms with Crippen LogP contribution in [0.5, 0.6) is 0 Å². The summed E-state index contributed by atoms with van der Waals surface area (Å²) >= 11 is 0. The Morgan fingerprint density at radius 1 is 1.18 bits per heavy atom. The van der Waals surface area contributed by atoms with E-state index in [-0.39, 0.29) is 0 Å². The lowest BCUT2D eigenvalue weighted by atomic mass is 9.89. The Kier molecular flexibility index (Phi) is 1.79. The van der Waals surface area contributed by atoms with Crippen molar-refractivity contribution in [2.24, 2.45) is 5.92 Å². The van der Waals surface area contributed by atoms with E-state index in [2.05, 4.69) is 33.8 Å². The van der Waals surface area contributed by atoms with Crippen molar-refractivity contribution >= 4 is 0 Å². The van der Waals surface area contributed by atoms with Crippen LogP contribution in [0, 0.1) is 5.92 Å². The Labute approximate surface area is 101 Å². The second-order valence-electron chi connectivity index (χ2n) is 5.42. The lowest BCUT2D eigenvalue weighted by molar-refractivity contribution is 0.593. The largest absolute Gasteiger partial charge is 0.306 e. The number of nitrogens with zero attached hydrogens (tertiary/aromatic N) is 2. The molecular formula is C15H16N2. The van der Waals surface area contributed by atoms with E-state index in [9.17, 15) is 0 Å². The predicted molar refractivity (Wildman–Crippen MR) is 67.2 cm³/mol. The topological polar surface area (TPSA) is 17.8 Å². The fraction of sp³-hybridized carbons (Fsp3) is 0.400. The summed E-state index contributed by atoms with van der Waals surface area (Å²) in [7, 11) is 0. The highest BCUT2D eigenvalue weighted by atomic mass is 15.0. The van der Waals surface area contributed by atoms with E-state index < -0.39 is 0 Å². The van der Waals surface area contributed by atoms with E-state index in [0.717, 1.165) is 5.92 Å². The molecule has 0 amide bonds. The van der Waals surface area contributed by atoms with Crippen LogP contribution in [0.25, 0.3) is 5.69 Å². The number of para-hydroxylation sites is 1. The van der Waals surface area contributed by atoms with Gasteiger partial charge in [0.1, 0.15) is 0 Å². The lowest BCUT2D eigenvalue weighted by Gasteiger charge is -2.19. The van der Waals surface area contributed by atoms with Crippen molar-refractivity contribution in [3.8, 4) is 5.69 Å². The van der Waals surface area contributed by atoms with E-state index in [1.54, 1.807) is 5.56 Å². The van der Waals surface area contributed by atoms with E-state index in [1.807, 2.05) is 18.7 Å². The molecule has 0 unspecified atom stereocenters. The Morgan fingerprint density at radius 3 is 2.65 bits per heavy atom.